The molecule has 0 aliphatic rings. The van der Waals surface area contributed by atoms with Crippen LogP contribution in [0.2, 0.25) is 5.02 Å². The van der Waals surface area contributed by atoms with Gasteiger partial charge >= 0.3 is 0 Å². The van der Waals surface area contributed by atoms with Gasteiger partial charge in [-0.05, 0) is 23.8 Å². The smallest absolute Gasteiger partial charge is 0.278 e. The van der Waals surface area contributed by atoms with Gasteiger partial charge < -0.3 is 4.57 Å². The molecule has 0 atom stereocenters. The molecule has 4 aromatic rings. The van der Waals surface area contributed by atoms with E-state index in [1.807, 2.05) is 40.4 Å². The summed E-state index contributed by atoms with van der Waals surface area (Å²) < 4.78 is 2.86. The number of aromatic nitrogens is 4. The molecule has 0 saturated carbocycles. The molecule has 2 aromatic carbocycles. The predicted octanol–water partition coefficient (Wildman–Crippen LogP) is 2.48. The third-order valence-corrected chi connectivity index (χ3v) is 5.26. The largest absolute Gasteiger partial charge is 0.319 e. The Bertz CT molecular complexity index is 1290. The van der Waals surface area contributed by atoms with Gasteiger partial charge in [0, 0.05) is 16.6 Å². The van der Waals surface area contributed by atoms with Crippen LogP contribution in [0.5, 0.6) is 0 Å². The van der Waals surface area contributed by atoms with E-state index in [0.29, 0.717) is 27.3 Å². The molecule has 0 spiro atoms. The van der Waals surface area contributed by atoms with Crippen molar-refractivity contribution in [3.8, 4) is 0 Å². The van der Waals surface area contributed by atoms with Crippen molar-refractivity contribution < 1.29 is 4.79 Å². The summed E-state index contributed by atoms with van der Waals surface area (Å²) in [5, 5.41) is 10.7. The van der Waals surface area contributed by atoms with Crippen LogP contribution in [-0.4, -0.2) is 25.5 Å². The second-order valence-corrected chi connectivity index (χ2v) is 7.26. The van der Waals surface area contributed by atoms with E-state index in [0.717, 1.165) is 10.2 Å². The highest BCUT2D eigenvalue weighted by Gasteiger charge is 2.09. The first-order chi connectivity index (χ1) is 13.6. The van der Waals surface area contributed by atoms with Crippen LogP contribution >= 0.6 is 22.9 Å². The van der Waals surface area contributed by atoms with Crippen molar-refractivity contribution in [1.29, 1.82) is 0 Å². The number of carbonyl (C=O) groups excluding carboxylic acids is 1. The molecule has 28 heavy (non-hydrogen) atoms. The molecular formula is C19H14ClN5O2S. The predicted molar refractivity (Wildman–Crippen MR) is 107 cm³/mol. The average molecular weight is 412 g/mol. The van der Waals surface area contributed by atoms with Crippen molar-refractivity contribution in [2.45, 2.75) is 13.1 Å². The Morgan fingerprint density at radius 3 is 2.79 bits per heavy atom. The summed E-state index contributed by atoms with van der Waals surface area (Å²) >= 11 is 7.54. The fourth-order valence-corrected chi connectivity index (χ4v) is 3.65. The van der Waals surface area contributed by atoms with E-state index >= 15 is 0 Å². The Labute approximate surface area is 168 Å². The zero-order valence-electron chi connectivity index (χ0n) is 14.5. The quantitative estimate of drug-likeness (QED) is 0.516. The molecule has 2 aromatic heterocycles. The average Bonchev–Trinajstić information content (AvgIpc) is 3.12. The number of halogens is 1. The Morgan fingerprint density at radius 1 is 1.14 bits per heavy atom. The first-order valence-electron chi connectivity index (χ1n) is 8.39. The van der Waals surface area contributed by atoms with Crippen LogP contribution in [0.15, 0.2) is 69.9 Å². The lowest BCUT2D eigenvalue weighted by Crippen LogP contribution is -2.28. The van der Waals surface area contributed by atoms with Crippen molar-refractivity contribution in [3.05, 3.63) is 85.8 Å². The SMILES string of the molecule is O=C(Cn1nnc2ccccc2c1=O)N=c1sccn1Cc1ccccc1Cl. The Balaban J connectivity index is 1.60. The van der Waals surface area contributed by atoms with Crippen LogP contribution in [-0.2, 0) is 17.9 Å². The maximum atomic E-state index is 12.5. The van der Waals surface area contributed by atoms with E-state index in [4.69, 9.17) is 11.6 Å². The van der Waals surface area contributed by atoms with E-state index in [-0.39, 0.29) is 12.1 Å². The van der Waals surface area contributed by atoms with Crippen LogP contribution in [0.1, 0.15) is 5.56 Å². The van der Waals surface area contributed by atoms with Crippen molar-refractivity contribution in [2.24, 2.45) is 4.99 Å². The minimum atomic E-state index is -0.484. The highest BCUT2D eigenvalue weighted by molar-refractivity contribution is 7.07. The normalized spacial score (nSPS) is 11.8. The number of amides is 1. The van der Waals surface area contributed by atoms with E-state index in [2.05, 4.69) is 15.3 Å². The number of thiazole rings is 1. The second kappa shape index (κ2) is 7.87. The molecule has 0 aliphatic heterocycles. The van der Waals surface area contributed by atoms with Gasteiger partial charge in [0.1, 0.15) is 12.1 Å². The number of fused-ring (bicyclic) bond motifs is 1. The first-order valence-corrected chi connectivity index (χ1v) is 9.65. The molecule has 140 valence electrons. The summed E-state index contributed by atoms with van der Waals surface area (Å²) in [5.74, 6) is -0.484. The summed E-state index contributed by atoms with van der Waals surface area (Å²) in [6.45, 7) is 0.214. The zero-order valence-corrected chi connectivity index (χ0v) is 16.1. The summed E-state index contributed by atoms with van der Waals surface area (Å²) in [4.78, 5) is 29.5. The number of hydrogen-bond donors (Lipinski definition) is 0. The van der Waals surface area contributed by atoms with Crippen LogP contribution < -0.4 is 10.4 Å². The molecule has 9 heteroatoms. The minimum absolute atomic E-state index is 0.277. The van der Waals surface area contributed by atoms with Crippen LogP contribution in [0.3, 0.4) is 0 Å². The standard InChI is InChI=1S/C19H14ClN5O2S/c20-15-7-3-1-5-13(15)11-24-9-10-28-19(24)21-17(26)12-25-18(27)14-6-2-4-8-16(14)22-23-25/h1-10H,11-12H2. The van der Waals surface area contributed by atoms with E-state index in [1.54, 1.807) is 24.3 Å². The summed E-state index contributed by atoms with van der Waals surface area (Å²) in [5.41, 5.74) is 1.04. The minimum Gasteiger partial charge on any atom is -0.319 e. The van der Waals surface area contributed by atoms with Crippen LogP contribution in [0.25, 0.3) is 10.9 Å². The number of benzene rings is 2. The molecule has 0 bridgehead atoms. The summed E-state index contributed by atoms with van der Waals surface area (Å²) in [6, 6.07) is 14.4. The lowest BCUT2D eigenvalue weighted by atomic mass is 10.2. The van der Waals surface area contributed by atoms with Crippen LogP contribution in [0, 0.1) is 0 Å². The van der Waals surface area contributed by atoms with Gasteiger partial charge in [-0.3, -0.25) is 9.59 Å². The van der Waals surface area contributed by atoms with Gasteiger partial charge in [0.15, 0.2) is 4.80 Å². The highest BCUT2D eigenvalue weighted by atomic mass is 35.5. The molecule has 1 amide bonds. The summed E-state index contributed by atoms with van der Waals surface area (Å²) in [6.07, 6.45) is 1.84. The van der Waals surface area contributed by atoms with Gasteiger partial charge in [0.2, 0.25) is 0 Å². The molecule has 0 aliphatic carbocycles. The van der Waals surface area contributed by atoms with E-state index < -0.39 is 5.91 Å². The highest BCUT2D eigenvalue weighted by Crippen LogP contribution is 2.15. The Morgan fingerprint density at radius 2 is 1.93 bits per heavy atom. The van der Waals surface area contributed by atoms with E-state index in [9.17, 15) is 9.59 Å². The topological polar surface area (TPSA) is 82.1 Å². The molecular weight excluding hydrogens is 398 g/mol. The third kappa shape index (κ3) is 3.78. The van der Waals surface area contributed by atoms with Crippen molar-refractivity contribution in [1.82, 2.24) is 19.6 Å². The van der Waals surface area contributed by atoms with Gasteiger partial charge in [0.05, 0.1) is 11.9 Å². The van der Waals surface area contributed by atoms with Crippen molar-refractivity contribution in [2.75, 3.05) is 0 Å². The number of nitrogens with zero attached hydrogens (tertiary/aromatic N) is 5. The Hall–Kier alpha value is -3.10. The first kappa shape index (κ1) is 18.3. The summed E-state index contributed by atoms with van der Waals surface area (Å²) in [7, 11) is 0. The molecule has 0 fully saturated rings. The fraction of sp³-hybridized carbons (Fsp3) is 0.105. The molecule has 2 heterocycles. The van der Waals surface area contributed by atoms with Gasteiger partial charge in [0.25, 0.3) is 11.5 Å². The maximum absolute atomic E-state index is 12.5. The second-order valence-electron chi connectivity index (χ2n) is 5.98. The molecule has 0 unspecified atom stereocenters. The molecule has 0 N–H and O–H groups in total. The Kier molecular flexibility index (Phi) is 5.14. The molecule has 4 rings (SSSR count). The molecule has 0 saturated heterocycles. The molecule has 0 radical (unpaired) electrons. The van der Waals surface area contributed by atoms with Gasteiger partial charge in [-0.2, -0.15) is 4.99 Å². The molecule has 7 nitrogen and oxygen atoms in total. The van der Waals surface area contributed by atoms with E-state index in [1.165, 1.54) is 11.3 Å². The lowest BCUT2D eigenvalue weighted by molar-refractivity contribution is -0.118. The van der Waals surface area contributed by atoms with Gasteiger partial charge in [-0.1, -0.05) is 47.1 Å². The number of rotatable bonds is 4. The van der Waals surface area contributed by atoms with Crippen molar-refractivity contribution in [3.63, 3.8) is 0 Å². The zero-order chi connectivity index (χ0) is 19.5. The monoisotopic (exact) mass is 411 g/mol. The third-order valence-electron chi connectivity index (χ3n) is 4.09. The maximum Gasteiger partial charge on any atom is 0.278 e. The fourth-order valence-electron chi connectivity index (χ4n) is 2.71. The van der Waals surface area contributed by atoms with Gasteiger partial charge in [-0.15, -0.1) is 16.4 Å². The lowest BCUT2D eigenvalue weighted by Gasteiger charge is -2.05. The van der Waals surface area contributed by atoms with Gasteiger partial charge in [-0.25, -0.2) is 4.68 Å². The number of carbonyl (C=O) groups is 1. The van der Waals surface area contributed by atoms with Crippen LogP contribution in [0.4, 0.5) is 0 Å². The number of hydrogen-bond acceptors (Lipinski definition) is 5. The van der Waals surface area contributed by atoms with Crippen molar-refractivity contribution >= 4 is 39.7 Å².